The van der Waals surface area contributed by atoms with Crippen LogP contribution >= 0.6 is 22.9 Å². The van der Waals surface area contributed by atoms with Gasteiger partial charge in [0.1, 0.15) is 0 Å². The molecule has 0 bridgehead atoms. The number of carbonyl (C=O) groups is 2. The molecule has 1 aromatic carbocycles. The van der Waals surface area contributed by atoms with Gasteiger partial charge in [0.25, 0.3) is 0 Å². The Morgan fingerprint density at radius 3 is 2.59 bits per heavy atom. The summed E-state index contributed by atoms with van der Waals surface area (Å²) in [5.74, 6) is -0.915. The maximum atomic E-state index is 12.7. The third-order valence-corrected chi connectivity index (χ3v) is 6.43. The van der Waals surface area contributed by atoms with Crippen LogP contribution in [0.3, 0.4) is 0 Å². The summed E-state index contributed by atoms with van der Waals surface area (Å²) in [5, 5.41) is 2.78. The molecule has 0 radical (unpaired) electrons. The summed E-state index contributed by atoms with van der Waals surface area (Å²) < 4.78 is 1.08. The SMILES string of the molecule is O=C1C(=O)N(Cc2cc3ccc(Cl)cc3s2)CCN1Cc1cc2cnccc2[nH]1. The summed E-state index contributed by atoms with van der Waals surface area (Å²) in [6.45, 7) is 1.85. The van der Waals surface area contributed by atoms with Gasteiger partial charge < -0.3 is 14.8 Å². The third-order valence-electron chi connectivity index (χ3n) is 5.12. The van der Waals surface area contributed by atoms with Crippen LogP contribution in [0.1, 0.15) is 10.6 Å². The highest BCUT2D eigenvalue weighted by atomic mass is 35.5. The van der Waals surface area contributed by atoms with E-state index in [0.717, 1.165) is 31.6 Å². The van der Waals surface area contributed by atoms with Gasteiger partial charge >= 0.3 is 11.8 Å². The zero-order valence-electron chi connectivity index (χ0n) is 15.4. The molecule has 0 aliphatic carbocycles. The van der Waals surface area contributed by atoms with Crippen molar-refractivity contribution in [1.29, 1.82) is 0 Å². The molecule has 0 spiro atoms. The van der Waals surface area contributed by atoms with E-state index >= 15 is 0 Å². The Kier molecular flexibility index (Phi) is 4.49. The van der Waals surface area contributed by atoms with Gasteiger partial charge in [-0.1, -0.05) is 17.7 Å². The lowest BCUT2D eigenvalue weighted by molar-refractivity contribution is -0.156. The molecule has 1 aliphatic rings. The number of benzene rings is 1. The highest BCUT2D eigenvalue weighted by Gasteiger charge is 2.32. The Morgan fingerprint density at radius 2 is 1.79 bits per heavy atom. The third kappa shape index (κ3) is 3.47. The van der Waals surface area contributed by atoms with Crippen LogP contribution in [0, 0.1) is 0 Å². The van der Waals surface area contributed by atoms with E-state index in [1.54, 1.807) is 33.5 Å². The van der Waals surface area contributed by atoms with Crippen LogP contribution in [-0.4, -0.2) is 44.7 Å². The lowest BCUT2D eigenvalue weighted by atomic mass is 10.2. The summed E-state index contributed by atoms with van der Waals surface area (Å²) in [6, 6.07) is 11.7. The Bertz CT molecular complexity index is 1210. The molecule has 0 unspecified atom stereocenters. The van der Waals surface area contributed by atoms with Gasteiger partial charge in [-0.25, -0.2) is 0 Å². The van der Waals surface area contributed by atoms with Gasteiger partial charge in [0.2, 0.25) is 0 Å². The molecule has 8 heteroatoms. The van der Waals surface area contributed by atoms with E-state index in [0.29, 0.717) is 31.2 Å². The maximum Gasteiger partial charge on any atom is 0.312 e. The van der Waals surface area contributed by atoms with Crippen molar-refractivity contribution < 1.29 is 9.59 Å². The number of H-pyrrole nitrogens is 1. The summed E-state index contributed by atoms with van der Waals surface area (Å²) in [5.41, 5.74) is 1.86. The second kappa shape index (κ2) is 7.17. The number of thiophene rings is 1. The lowest BCUT2D eigenvalue weighted by Crippen LogP contribution is -2.53. The molecule has 3 aromatic heterocycles. The van der Waals surface area contributed by atoms with E-state index < -0.39 is 11.8 Å². The number of fused-ring (bicyclic) bond motifs is 2. The molecule has 0 saturated carbocycles. The van der Waals surface area contributed by atoms with Crippen molar-refractivity contribution in [3.8, 4) is 0 Å². The second-order valence-corrected chi connectivity index (χ2v) is 8.71. The van der Waals surface area contributed by atoms with Gasteiger partial charge in [0, 0.05) is 56.7 Å². The molecule has 2 amide bonds. The Balaban J connectivity index is 1.29. The van der Waals surface area contributed by atoms with Crippen molar-refractivity contribution in [2.24, 2.45) is 0 Å². The zero-order valence-corrected chi connectivity index (χ0v) is 17.0. The number of nitrogens with zero attached hydrogens (tertiary/aromatic N) is 3. The first-order valence-electron chi connectivity index (χ1n) is 9.24. The van der Waals surface area contributed by atoms with Crippen molar-refractivity contribution >= 4 is 55.7 Å². The minimum Gasteiger partial charge on any atom is -0.357 e. The lowest BCUT2D eigenvalue weighted by Gasteiger charge is -2.33. The van der Waals surface area contributed by atoms with E-state index in [4.69, 9.17) is 11.6 Å². The largest absolute Gasteiger partial charge is 0.357 e. The van der Waals surface area contributed by atoms with Crippen LogP contribution in [0.5, 0.6) is 0 Å². The fraction of sp³-hybridized carbons (Fsp3) is 0.190. The van der Waals surface area contributed by atoms with E-state index in [1.165, 1.54) is 0 Å². The van der Waals surface area contributed by atoms with E-state index in [9.17, 15) is 9.59 Å². The predicted octanol–water partition coefficient (Wildman–Crippen LogP) is 3.80. The minimum atomic E-state index is -0.461. The maximum absolute atomic E-state index is 12.7. The molecule has 1 aliphatic heterocycles. The summed E-state index contributed by atoms with van der Waals surface area (Å²) in [4.78, 5) is 37.0. The summed E-state index contributed by atoms with van der Waals surface area (Å²) in [7, 11) is 0. The first-order valence-corrected chi connectivity index (χ1v) is 10.4. The average Bonchev–Trinajstić information content (AvgIpc) is 3.30. The Morgan fingerprint density at radius 1 is 1.00 bits per heavy atom. The fourth-order valence-electron chi connectivity index (χ4n) is 3.67. The van der Waals surface area contributed by atoms with Crippen molar-refractivity contribution in [3.63, 3.8) is 0 Å². The smallest absolute Gasteiger partial charge is 0.312 e. The van der Waals surface area contributed by atoms with Gasteiger partial charge in [0.05, 0.1) is 13.1 Å². The predicted molar refractivity (Wildman–Crippen MR) is 114 cm³/mol. The number of carbonyl (C=O) groups excluding carboxylic acids is 2. The summed E-state index contributed by atoms with van der Waals surface area (Å²) >= 11 is 7.66. The number of hydrogen-bond acceptors (Lipinski definition) is 4. The van der Waals surface area contributed by atoms with Crippen molar-refractivity contribution in [2.75, 3.05) is 13.1 Å². The number of amides is 2. The van der Waals surface area contributed by atoms with E-state index in [2.05, 4.69) is 16.0 Å². The van der Waals surface area contributed by atoms with Crippen LogP contribution in [-0.2, 0) is 22.7 Å². The average molecular weight is 425 g/mol. The normalized spacial score (nSPS) is 15.1. The fourth-order valence-corrected chi connectivity index (χ4v) is 5.02. The number of halogens is 1. The molecular weight excluding hydrogens is 408 g/mol. The number of pyridine rings is 1. The molecule has 4 aromatic rings. The number of aromatic nitrogens is 2. The van der Waals surface area contributed by atoms with Crippen LogP contribution < -0.4 is 0 Å². The van der Waals surface area contributed by atoms with Gasteiger partial charge in [-0.2, -0.15) is 0 Å². The number of piperazine rings is 1. The second-order valence-electron chi connectivity index (χ2n) is 7.11. The minimum absolute atomic E-state index is 0.383. The van der Waals surface area contributed by atoms with Gasteiger partial charge in [0.15, 0.2) is 0 Å². The number of hydrogen-bond donors (Lipinski definition) is 1. The zero-order chi connectivity index (χ0) is 20.0. The molecule has 0 atom stereocenters. The van der Waals surface area contributed by atoms with Crippen molar-refractivity contribution in [1.82, 2.24) is 19.8 Å². The topological polar surface area (TPSA) is 69.3 Å². The summed E-state index contributed by atoms with van der Waals surface area (Å²) in [6.07, 6.45) is 3.50. The van der Waals surface area contributed by atoms with Crippen LogP contribution in [0.4, 0.5) is 0 Å². The molecule has 6 nitrogen and oxygen atoms in total. The Labute approximate surface area is 175 Å². The highest BCUT2D eigenvalue weighted by molar-refractivity contribution is 7.19. The number of nitrogens with one attached hydrogen (secondary N) is 1. The quantitative estimate of drug-likeness (QED) is 0.506. The Hall–Kier alpha value is -2.90. The van der Waals surface area contributed by atoms with Crippen LogP contribution in [0.15, 0.2) is 48.8 Å². The van der Waals surface area contributed by atoms with Crippen LogP contribution in [0.2, 0.25) is 5.02 Å². The first-order chi connectivity index (χ1) is 14.1. The molecule has 4 heterocycles. The standard InChI is InChI=1S/C21H17ClN4O2S/c22-15-2-1-13-8-17(29-19(13)9-15)12-26-6-5-25(20(27)21(26)28)11-16-7-14-10-23-4-3-18(14)24-16/h1-4,7-10,24H,5-6,11-12H2. The molecule has 5 rings (SSSR count). The van der Waals surface area contributed by atoms with Crippen LogP contribution in [0.25, 0.3) is 21.0 Å². The molecule has 146 valence electrons. The highest BCUT2D eigenvalue weighted by Crippen LogP contribution is 2.29. The molecule has 29 heavy (non-hydrogen) atoms. The molecular formula is C21H17ClN4O2S. The number of aromatic amines is 1. The monoisotopic (exact) mass is 424 g/mol. The van der Waals surface area contributed by atoms with E-state index in [1.807, 2.05) is 30.3 Å². The van der Waals surface area contributed by atoms with Gasteiger partial charge in [-0.3, -0.25) is 14.6 Å². The van der Waals surface area contributed by atoms with Crippen molar-refractivity contribution in [2.45, 2.75) is 13.1 Å². The first kappa shape index (κ1) is 18.1. The molecule has 1 fully saturated rings. The number of rotatable bonds is 4. The van der Waals surface area contributed by atoms with Gasteiger partial charge in [-0.15, -0.1) is 11.3 Å². The van der Waals surface area contributed by atoms with E-state index in [-0.39, 0.29) is 0 Å². The molecule has 1 saturated heterocycles. The van der Waals surface area contributed by atoms with Gasteiger partial charge in [-0.05, 0) is 35.7 Å². The van der Waals surface area contributed by atoms with Crippen molar-refractivity contribution in [3.05, 3.63) is 64.4 Å². The molecule has 1 N–H and O–H groups in total.